The second-order valence-corrected chi connectivity index (χ2v) is 5.86. The summed E-state index contributed by atoms with van der Waals surface area (Å²) >= 11 is 0. The summed E-state index contributed by atoms with van der Waals surface area (Å²) in [5.74, 6) is -0.209. The molecule has 0 spiro atoms. The lowest BCUT2D eigenvalue weighted by atomic mass is 9.47. The van der Waals surface area contributed by atoms with Gasteiger partial charge in [0.1, 0.15) is 5.67 Å². The van der Waals surface area contributed by atoms with Gasteiger partial charge in [0.25, 0.3) is 0 Å². The second kappa shape index (κ2) is 2.97. The van der Waals surface area contributed by atoms with E-state index >= 15 is 0 Å². The molecule has 3 fully saturated rings. The maximum Gasteiger partial charge on any atom is 0.303 e. The van der Waals surface area contributed by atoms with Gasteiger partial charge in [0.15, 0.2) is 0 Å². The van der Waals surface area contributed by atoms with Crippen molar-refractivity contribution in [2.45, 2.75) is 37.8 Å². The number of carbonyl (C=O) groups is 1. The van der Waals surface area contributed by atoms with E-state index in [9.17, 15) is 9.18 Å². The Morgan fingerprint density at radius 3 is 2.38 bits per heavy atom. The molecule has 3 aliphatic carbocycles. The van der Waals surface area contributed by atoms with Crippen LogP contribution in [0.3, 0.4) is 0 Å². The lowest BCUT2D eigenvalue weighted by Gasteiger charge is -2.57. The number of hydrogen-bond donors (Lipinski definition) is 2. The molecule has 0 heterocycles. The summed E-state index contributed by atoms with van der Waals surface area (Å²) in [4.78, 5) is 11.0. The summed E-state index contributed by atoms with van der Waals surface area (Å²) in [5, 5.41) is 9.01. The molecule has 3 rings (SSSR count). The maximum absolute atomic E-state index is 14.4. The Morgan fingerprint density at radius 2 is 1.94 bits per heavy atom. The maximum atomic E-state index is 14.4. The number of halogens is 1. The van der Waals surface area contributed by atoms with E-state index in [4.69, 9.17) is 10.8 Å². The molecule has 0 saturated heterocycles. The minimum absolute atomic E-state index is 0.121. The average Bonchev–Trinajstić information content (AvgIpc) is 2.63. The van der Waals surface area contributed by atoms with Crippen LogP contribution < -0.4 is 5.73 Å². The Hall–Kier alpha value is -0.640. The number of aliphatic carboxylic acids is 1. The summed E-state index contributed by atoms with van der Waals surface area (Å²) in [6, 6.07) is 0. The highest BCUT2D eigenvalue weighted by Crippen LogP contribution is 2.74. The summed E-state index contributed by atoms with van der Waals surface area (Å²) in [5.41, 5.74) is 4.54. The number of carboxylic acid groups (broad SMARTS) is 1. The van der Waals surface area contributed by atoms with Gasteiger partial charge in [-0.05, 0) is 55.4 Å². The van der Waals surface area contributed by atoms with Gasteiger partial charge >= 0.3 is 5.97 Å². The zero-order valence-corrected chi connectivity index (χ0v) is 9.29. The Labute approximate surface area is 94.2 Å². The molecule has 3 aliphatic rings. The number of rotatable bonds is 3. The highest BCUT2D eigenvalue weighted by molar-refractivity contribution is 5.68. The minimum atomic E-state index is -0.980. The van der Waals surface area contributed by atoms with E-state index in [1.807, 2.05) is 0 Å². The van der Waals surface area contributed by atoms with Crippen LogP contribution >= 0.6 is 0 Å². The fraction of sp³-hybridized carbons (Fsp3) is 0.917. The van der Waals surface area contributed by atoms with Crippen LogP contribution in [0.1, 0.15) is 32.1 Å². The van der Waals surface area contributed by atoms with E-state index < -0.39 is 11.6 Å². The molecule has 0 aromatic carbocycles. The molecule has 5 atom stereocenters. The predicted octanol–water partition coefficient (Wildman–Crippen LogP) is 1.56. The molecule has 3 saturated carbocycles. The first-order chi connectivity index (χ1) is 7.53. The molecular weight excluding hydrogens is 209 g/mol. The Morgan fingerprint density at radius 1 is 1.38 bits per heavy atom. The van der Waals surface area contributed by atoms with Crippen molar-refractivity contribution in [3.63, 3.8) is 0 Å². The summed E-state index contributed by atoms with van der Waals surface area (Å²) in [6.45, 7) is 0.404. The fourth-order valence-corrected chi connectivity index (χ4v) is 4.98. The van der Waals surface area contributed by atoms with Crippen molar-refractivity contribution in [1.82, 2.24) is 0 Å². The first kappa shape index (κ1) is 10.5. The normalized spacial score (nSPS) is 53.5. The molecule has 0 unspecified atom stereocenters. The van der Waals surface area contributed by atoms with Gasteiger partial charge in [0.05, 0.1) is 6.42 Å². The van der Waals surface area contributed by atoms with Crippen molar-refractivity contribution in [2.75, 3.05) is 6.54 Å². The molecule has 0 bridgehead atoms. The number of hydrogen-bond acceptors (Lipinski definition) is 2. The van der Waals surface area contributed by atoms with Crippen LogP contribution in [-0.4, -0.2) is 23.3 Å². The third-order valence-corrected chi connectivity index (χ3v) is 5.54. The molecule has 3 N–H and O–H groups in total. The summed E-state index contributed by atoms with van der Waals surface area (Å²) < 4.78 is 14.4. The third-order valence-electron chi connectivity index (χ3n) is 5.54. The predicted molar refractivity (Wildman–Crippen MR) is 56.5 cm³/mol. The summed E-state index contributed by atoms with van der Waals surface area (Å²) in [6.07, 6.45) is 3.05. The van der Waals surface area contributed by atoms with Crippen molar-refractivity contribution in [1.29, 1.82) is 0 Å². The topological polar surface area (TPSA) is 63.3 Å². The van der Waals surface area contributed by atoms with Gasteiger partial charge in [-0.15, -0.1) is 0 Å². The largest absolute Gasteiger partial charge is 0.481 e. The van der Waals surface area contributed by atoms with Crippen molar-refractivity contribution in [2.24, 2.45) is 28.9 Å². The van der Waals surface area contributed by atoms with Crippen LogP contribution in [0.5, 0.6) is 0 Å². The average molecular weight is 227 g/mol. The molecule has 0 amide bonds. The smallest absolute Gasteiger partial charge is 0.303 e. The van der Waals surface area contributed by atoms with E-state index in [2.05, 4.69) is 0 Å². The number of carboxylic acids is 1. The standard InChI is InChI=1S/C12H18FNO2/c13-12-3-1-7-10(12)8(2-4-12)11(7,6-14)5-9(15)16/h7-8,10H,1-6,14H2,(H,15,16)/t7-,8+,10+,11+,12+. The van der Waals surface area contributed by atoms with E-state index in [-0.39, 0.29) is 29.6 Å². The van der Waals surface area contributed by atoms with Crippen LogP contribution in [0.15, 0.2) is 0 Å². The quantitative estimate of drug-likeness (QED) is 0.769. The van der Waals surface area contributed by atoms with E-state index in [1.165, 1.54) is 0 Å². The molecule has 90 valence electrons. The minimum Gasteiger partial charge on any atom is -0.481 e. The summed E-state index contributed by atoms with van der Waals surface area (Å²) in [7, 11) is 0. The molecule has 0 aromatic rings. The lowest BCUT2D eigenvalue weighted by Crippen LogP contribution is -2.60. The third kappa shape index (κ3) is 0.992. The molecule has 0 aliphatic heterocycles. The Kier molecular flexibility index (Phi) is 1.95. The van der Waals surface area contributed by atoms with E-state index in [0.29, 0.717) is 19.4 Å². The van der Waals surface area contributed by atoms with Crippen molar-refractivity contribution in [3.05, 3.63) is 0 Å². The van der Waals surface area contributed by atoms with Gasteiger partial charge in [-0.25, -0.2) is 4.39 Å². The molecule has 0 aromatic heterocycles. The first-order valence-electron chi connectivity index (χ1n) is 6.14. The van der Waals surface area contributed by atoms with E-state index in [0.717, 1.165) is 12.8 Å². The van der Waals surface area contributed by atoms with Gasteiger partial charge < -0.3 is 10.8 Å². The van der Waals surface area contributed by atoms with Crippen molar-refractivity contribution >= 4 is 5.97 Å². The molecular formula is C12H18FNO2. The molecule has 0 radical (unpaired) electrons. The zero-order chi connectivity index (χ0) is 11.6. The molecule has 4 heteroatoms. The van der Waals surface area contributed by atoms with Crippen LogP contribution in [0.2, 0.25) is 0 Å². The fourth-order valence-electron chi connectivity index (χ4n) is 4.98. The van der Waals surface area contributed by atoms with Gasteiger partial charge in [-0.2, -0.15) is 0 Å². The second-order valence-electron chi connectivity index (χ2n) is 5.86. The first-order valence-corrected chi connectivity index (χ1v) is 6.14. The zero-order valence-electron chi connectivity index (χ0n) is 9.29. The lowest BCUT2D eigenvalue weighted by molar-refractivity contribution is -0.157. The number of nitrogens with two attached hydrogens (primary N) is 1. The van der Waals surface area contributed by atoms with Crippen LogP contribution in [0, 0.1) is 23.2 Å². The number of alkyl halides is 1. The Balaban J connectivity index is 1.91. The Bertz CT molecular complexity index is 328. The SMILES string of the molecule is NC[C@@]1(CC(=O)O)[C@@H]2CC[C@]3(F)CC[C@H]1[C@H]23. The van der Waals surface area contributed by atoms with Crippen molar-refractivity contribution in [3.8, 4) is 0 Å². The molecule has 16 heavy (non-hydrogen) atoms. The van der Waals surface area contributed by atoms with Crippen LogP contribution in [0.25, 0.3) is 0 Å². The van der Waals surface area contributed by atoms with Crippen molar-refractivity contribution < 1.29 is 14.3 Å². The van der Waals surface area contributed by atoms with Crippen LogP contribution in [0.4, 0.5) is 4.39 Å². The highest BCUT2D eigenvalue weighted by atomic mass is 19.1. The van der Waals surface area contributed by atoms with Gasteiger partial charge in [-0.3, -0.25) is 4.79 Å². The van der Waals surface area contributed by atoms with Gasteiger partial charge in [-0.1, -0.05) is 0 Å². The molecule has 3 nitrogen and oxygen atoms in total. The van der Waals surface area contributed by atoms with Gasteiger partial charge in [0, 0.05) is 0 Å². The monoisotopic (exact) mass is 227 g/mol. The highest BCUT2D eigenvalue weighted by Gasteiger charge is 2.73. The van der Waals surface area contributed by atoms with E-state index in [1.54, 1.807) is 0 Å². The van der Waals surface area contributed by atoms with Gasteiger partial charge in [0.2, 0.25) is 0 Å². The van der Waals surface area contributed by atoms with Crippen LogP contribution in [-0.2, 0) is 4.79 Å².